The summed E-state index contributed by atoms with van der Waals surface area (Å²) in [6, 6.07) is 0. The van der Waals surface area contributed by atoms with Crippen LogP contribution in [0.4, 0.5) is 74.6 Å². The molecule has 5 nitrogen and oxygen atoms in total. The van der Waals surface area contributed by atoms with Crippen LogP contribution in [0.3, 0.4) is 0 Å². The zero-order valence-corrected chi connectivity index (χ0v) is 16.9. The predicted molar refractivity (Wildman–Crippen MR) is 73.7 cm³/mol. The highest BCUT2D eigenvalue weighted by atomic mass is 32.2. The third-order valence-electron chi connectivity index (χ3n) is 3.77. The molecule has 0 bridgehead atoms. The van der Waals surface area contributed by atoms with Crippen LogP contribution in [0, 0.1) is 0 Å². The molecule has 0 aromatic heterocycles. The molecule has 0 aliphatic heterocycles. The van der Waals surface area contributed by atoms with Crippen molar-refractivity contribution in [3.63, 3.8) is 0 Å². The molecule has 0 aromatic carbocycles. The topological polar surface area (TPSA) is 63.7 Å². The summed E-state index contributed by atoms with van der Waals surface area (Å²) < 4.78 is 245. The molecule has 0 fully saturated rings. The Morgan fingerprint density at radius 2 is 0.914 bits per heavy atom. The van der Waals surface area contributed by atoms with E-state index >= 15 is 0 Å². The second-order valence-electron chi connectivity index (χ2n) is 6.17. The second-order valence-corrected chi connectivity index (χ2v) is 8.04. The zero-order valence-electron chi connectivity index (χ0n) is 16.1. The number of nitrogens with zero attached hydrogens (tertiary/aromatic N) is 1. The fourth-order valence-electron chi connectivity index (χ4n) is 1.87. The lowest BCUT2D eigenvalue weighted by Gasteiger charge is -2.42. The van der Waals surface area contributed by atoms with E-state index in [4.69, 9.17) is 0 Å². The maximum absolute atomic E-state index is 13.9. The van der Waals surface area contributed by atoms with Crippen LogP contribution < -0.4 is 0 Å². The van der Waals surface area contributed by atoms with Crippen LogP contribution in [0.15, 0.2) is 0 Å². The molecular weight excluding hydrogens is 577 g/mol. The summed E-state index contributed by atoms with van der Waals surface area (Å²) in [4.78, 5) is 14.1. The first-order valence-corrected chi connectivity index (χ1v) is 9.24. The van der Waals surface area contributed by atoms with Gasteiger partial charge in [-0.3, -0.25) is 4.79 Å². The Morgan fingerprint density at radius 3 is 1.17 bits per heavy atom. The van der Waals surface area contributed by atoms with Crippen molar-refractivity contribution in [2.24, 2.45) is 0 Å². The van der Waals surface area contributed by atoms with Gasteiger partial charge in [-0.15, -0.1) is 0 Å². The van der Waals surface area contributed by atoms with Gasteiger partial charge in [0, 0.05) is 13.5 Å². The fourth-order valence-corrected chi connectivity index (χ4v) is 3.12. The summed E-state index contributed by atoms with van der Waals surface area (Å²) in [5, 5.41) is -7.78. The molecule has 0 aliphatic carbocycles. The minimum atomic E-state index is -8.93. The molecule has 0 N–H and O–H groups in total. The molecule has 0 spiro atoms. The summed E-state index contributed by atoms with van der Waals surface area (Å²) in [5.74, 6) is -54.1. The summed E-state index contributed by atoms with van der Waals surface area (Å²) >= 11 is 0. The van der Waals surface area contributed by atoms with Crippen LogP contribution in [-0.4, -0.2) is 72.4 Å². The van der Waals surface area contributed by atoms with Gasteiger partial charge in [-0.05, 0) is 11.4 Å². The number of carbonyl (C=O) groups is 1. The summed E-state index contributed by atoms with van der Waals surface area (Å²) in [6.45, 7) is -1.14. The quantitative estimate of drug-likeness (QED) is 0.265. The Morgan fingerprint density at radius 1 is 0.629 bits per heavy atom. The predicted octanol–water partition coefficient (Wildman–Crippen LogP) is 5.08. The molecule has 210 valence electrons. The fraction of sp³-hybridized carbons (Fsp3) is 0.917. The number of sulfonamides is 1. The average molecular weight is 585 g/mol. The Labute approximate surface area is 181 Å². The Kier molecular flexibility index (Phi) is 8.20. The first-order valence-electron chi connectivity index (χ1n) is 7.80. The highest BCUT2D eigenvalue weighted by molar-refractivity contribution is 7.90. The van der Waals surface area contributed by atoms with Crippen molar-refractivity contribution >= 4 is 16.0 Å². The lowest BCUT2D eigenvalue weighted by Crippen LogP contribution is -2.75. The second kappa shape index (κ2) is 8.64. The van der Waals surface area contributed by atoms with Gasteiger partial charge in [0.25, 0.3) is 0 Å². The molecule has 35 heavy (non-hydrogen) atoms. The van der Waals surface area contributed by atoms with Crippen molar-refractivity contribution in [2.45, 2.75) is 60.8 Å². The van der Waals surface area contributed by atoms with Gasteiger partial charge in [-0.1, -0.05) is 0 Å². The zero-order chi connectivity index (χ0) is 29.1. The molecule has 0 atom stereocenters. The molecule has 0 saturated carbocycles. The van der Waals surface area contributed by atoms with Gasteiger partial charge < -0.3 is 4.84 Å². The van der Waals surface area contributed by atoms with Crippen LogP contribution in [0.2, 0.25) is 0 Å². The minimum absolute atomic E-state index is 0.181. The van der Waals surface area contributed by atoms with Crippen molar-refractivity contribution in [1.82, 2.24) is 4.47 Å². The van der Waals surface area contributed by atoms with Crippen LogP contribution in [-0.2, 0) is 19.7 Å². The molecule has 0 saturated heterocycles. The summed E-state index contributed by atoms with van der Waals surface area (Å²) in [6.07, 6.45) is -7.91. The van der Waals surface area contributed by atoms with E-state index in [-0.39, 0.29) is 6.92 Å². The van der Waals surface area contributed by atoms with Gasteiger partial charge in [0.2, 0.25) is 0 Å². The van der Waals surface area contributed by atoms with E-state index < -0.39 is 74.0 Å². The Hall–Kier alpha value is -1.81. The van der Waals surface area contributed by atoms with Gasteiger partial charge in [-0.25, -0.2) is 8.42 Å². The van der Waals surface area contributed by atoms with E-state index in [9.17, 15) is 87.8 Å². The lowest BCUT2D eigenvalue weighted by atomic mass is 9.91. The molecule has 0 rings (SSSR count). The van der Waals surface area contributed by atoms with Crippen molar-refractivity contribution in [3.05, 3.63) is 0 Å². The standard InChI is InChI=1S/C12H8F17NO4S/c1-3-30(34-4(2)31)35(32,33)12(28,29)10(23,24)8(19,20)6(15,16)5(13,14)7(17,18)9(21,22)11(25,26)27/h3H2,1-2H3. The van der Waals surface area contributed by atoms with Gasteiger partial charge >= 0.3 is 63.0 Å². The van der Waals surface area contributed by atoms with E-state index in [2.05, 4.69) is 4.84 Å². The number of hydrogen-bond donors (Lipinski definition) is 0. The Bertz CT molecular complexity index is 911. The highest BCUT2D eigenvalue weighted by Crippen LogP contribution is 2.64. The number of halogens is 17. The van der Waals surface area contributed by atoms with E-state index in [0.29, 0.717) is 6.92 Å². The number of hydroxylamine groups is 1. The molecule has 0 heterocycles. The van der Waals surface area contributed by atoms with Crippen LogP contribution >= 0.6 is 0 Å². The molecule has 0 aliphatic rings. The highest BCUT2D eigenvalue weighted by Gasteiger charge is 2.96. The maximum atomic E-state index is 13.9. The molecular formula is C12H8F17NO4S. The molecule has 0 aromatic rings. The van der Waals surface area contributed by atoms with Crippen LogP contribution in [0.1, 0.15) is 13.8 Å². The largest absolute Gasteiger partial charge is 0.460 e. The average Bonchev–Trinajstić information content (AvgIpc) is 2.63. The normalized spacial score (nSPS) is 16.0. The van der Waals surface area contributed by atoms with Crippen LogP contribution in [0.25, 0.3) is 0 Å². The molecule has 0 amide bonds. The molecule has 23 heteroatoms. The van der Waals surface area contributed by atoms with Gasteiger partial charge in [-0.2, -0.15) is 74.6 Å². The number of rotatable bonds is 10. The van der Waals surface area contributed by atoms with E-state index in [0.717, 1.165) is 0 Å². The number of hydrogen-bond acceptors (Lipinski definition) is 4. The van der Waals surface area contributed by atoms with E-state index in [1.807, 2.05) is 0 Å². The van der Waals surface area contributed by atoms with Crippen molar-refractivity contribution in [1.29, 1.82) is 0 Å². The van der Waals surface area contributed by atoms with Crippen LogP contribution in [0.5, 0.6) is 0 Å². The van der Waals surface area contributed by atoms with Gasteiger partial charge in [0.1, 0.15) is 0 Å². The summed E-state index contributed by atoms with van der Waals surface area (Å²) in [5.41, 5.74) is 0. The van der Waals surface area contributed by atoms with E-state index in [1.165, 1.54) is 0 Å². The SMILES string of the molecule is CCN(OC(C)=O)S(=O)(=O)C(F)(F)C(F)(F)C(F)(F)C(F)(F)C(F)(F)C(F)(F)C(F)(F)C(F)(F)F. The minimum Gasteiger partial charge on any atom is -0.353 e. The van der Waals surface area contributed by atoms with Crippen molar-refractivity contribution in [2.75, 3.05) is 6.54 Å². The van der Waals surface area contributed by atoms with Crippen molar-refractivity contribution in [3.8, 4) is 0 Å². The van der Waals surface area contributed by atoms with E-state index in [1.54, 1.807) is 0 Å². The third-order valence-corrected chi connectivity index (χ3v) is 5.55. The first kappa shape index (κ1) is 33.2. The summed E-state index contributed by atoms with van der Waals surface area (Å²) in [7, 11) is -7.65. The van der Waals surface area contributed by atoms with Gasteiger partial charge in [0.05, 0.1) is 0 Å². The molecule has 0 radical (unpaired) electrons. The Balaban J connectivity index is 7.05. The number of alkyl halides is 17. The molecule has 0 unspecified atom stereocenters. The first-order chi connectivity index (χ1) is 14.9. The number of carbonyl (C=O) groups excluding carboxylic acids is 1. The van der Waals surface area contributed by atoms with Crippen molar-refractivity contribution < 1.29 is 92.7 Å². The van der Waals surface area contributed by atoms with Gasteiger partial charge in [0.15, 0.2) is 0 Å². The third kappa shape index (κ3) is 4.34. The lowest BCUT2D eigenvalue weighted by molar-refractivity contribution is -0.458. The maximum Gasteiger partial charge on any atom is 0.460 e. The smallest absolute Gasteiger partial charge is 0.353 e. The monoisotopic (exact) mass is 585 g/mol.